The van der Waals surface area contributed by atoms with E-state index in [9.17, 15) is 13.2 Å². The van der Waals surface area contributed by atoms with Gasteiger partial charge in [0.1, 0.15) is 11.9 Å². The normalized spacial score (nSPS) is 20.5. The van der Waals surface area contributed by atoms with E-state index in [1.165, 1.54) is 6.07 Å². The number of nitrogens with two attached hydrogens (primary N) is 1. The van der Waals surface area contributed by atoms with Gasteiger partial charge in [0, 0.05) is 18.3 Å². The SMILES string of the molecule is Nc1cc(OC2CCNC2)cc(C(F)(F)F)c1. The van der Waals surface area contributed by atoms with Crippen molar-refractivity contribution in [2.24, 2.45) is 0 Å². The maximum absolute atomic E-state index is 12.5. The van der Waals surface area contributed by atoms with E-state index < -0.39 is 11.7 Å². The van der Waals surface area contributed by atoms with Gasteiger partial charge >= 0.3 is 6.18 Å². The van der Waals surface area contributed by atoms with Gasteiger partial charge in [0.15, 0.2) is 0 Å². The molecular formula is C11H13F3N2O. The fourth-order valence-electron chi connectivity index (χ4n) is 1.77. The van der Waals surface area contributed by atoms with Crippen LogP contribution in [0.2, 0.25) is 0 Å². The number of anilines is 1. The van der Waals surface area contributed by atoms with Crippen LogP contribution in [0, 0.1) is 0 Å². The van der Waals surface area contributed by atoms with Gasteiger partial charge in [0.05, 0.1) is 5.56 Å². The van der Waals surface area contributed by atoms with Crippen LogP contribution in [0.3, 0.4) is 0 Å². The summed E-state index contributed by atoms with van der Waals surface area (Å²) in [5, 5.41) is 3.07. The molecule has 1 atom stereocenters. The molecule has 0 radical (unpaired) electrons. The average Bonchev–Trinajstić information content (AvgIpc) is 2.68. The zero-order chi connectivity index (χ0) is 12.5. The minimum absolute atomic E-state index is 0.0563. The summed E-state index contributed by atoms with van der Waals surface area (Å²) in [5.74, 6) is 0.172. The number of rotatable bonds is 2. The van der Waals surface area contributed by atoms with Crippen LogP contribution in [-0.4, -0.2) is 19.2 Å². The number of hydrogen-bond donors (Lipinski definition) is 2. The fourth-order valence-corrected chi connectivity index (χ4v) is 1.77. The van der Waals surface area contributed by atoms with Crippen LogP contribution in [0.1, 0.15) is 12.0 Å². The summed E-state index contributed by atoms with van der Waals surface area (Å²) in [4.78, 5) is 0. The molecule has 1 unspecified atom stereocenters. The highest BCUT2D eigenvalue weighted by Crippen LogP contribution is 2.33. The molecule has 0 amide bonds. The van der Waals surface area contributed by atoms with Gasteiger partial charge in [-0.15, -0.1) is 0 Å². The molecule has 1 aromatic carbocycles. The summed E-state index contributed by atoms with van der Waals surface area (Å²) >= 11 is 0. The molecule has 17 heavy (non-hydrogen) atoms. The quantitative estimate of drug-likeness (QED) is 0.785. The molecule has 1 heterocycles. The molecule has 1 aromatic rings. The summed E-state index contributed by atoms with van der Waals surface area (Å²) in [5.41, 5.74) is 4.71. The Morgan fingerprint density at radius 2 is 2.06 bits per heavy atom. The minimum atomic E-state index is -4.40. The Kier molecular flexibility index (Phi) is 3.15. The van der Waals surface area contributed by atoms with E-state index in [1.807, 2.05) is 0 Å². The van der Waals surface area contributed by atoms with Crippen molar-refractivity contribution in [3.63, 3.8) is 0 Å². The highest BCUT2D eigenvalue weighted by molar-refractivity contribution is 5.48. The van der Waals surface area contributed by atoms with Gasteiger partial charge in [-0.1, -0.05) is 0 Å². The predicted molar refractivity (Wildman–Crippen MR) is 57.8 cm³/mol. The van der Waals surface area contributed by atoms with E-state index >= 15 is 0 Å². The second kappa shape index (κ2) is 4.44. The Morgan fingerprint density at radius 1 is 1.29 bits per heavy atom. The van der Waals surface area contributed by atoms with Crippen molar-refractivity contribution < 1.29 is 17.9 Å². The zero-order valence-corrected chi connectivity index (χ0v) is 9.05. The Hall–Kier alpha value is -1.43. The van der Waals surface area contributed by atoms with E-state index in [0.717, 1.165) is 25.1 Å². The van der Waals surface area contributed by atoms with Gasteiger partial charge in [-0.3, -0.25) is 0 Å². The van der Waals surface area contributed by atoms with Gasteiger partial charge in [-0.25, -0.2) is 0 Å². The van der Waals surface area contributed by atoms with Crippen molar-refractivity contribution >= 4 is 5.69 Å². The summed E-state index contributed by atoms with van der Waals surface area (Å²) in [6.07, 6.45) is -3.70. The zero-order valence-electron chi connectivity index (χ0n) is 9.05. The number of ether oxygens (including phenoxy) is 1. The summed E-state index contributed by atoms with van der Waals surface area (Å²) in [7, 11) is 0. The first-order valence-corrected chi connectivity index (χ1v) is 5.30. The Bertz CT molecular complexity index is 400. The number of benzene rings is 1. The van der Waals surface area contributed by atoms with Crippen molar-refractivity contribution in [1.82, 2.24) is 5.32 Å². The Morgan fingerprint density at radius 3 is 2.65 bits per heavy atom. The monoisotopic (exact) mass is 246 g/mol. The number of nitrogens with one attached hydrogen (secondary N) is 1. The molecule has 94 valence electrons. The van der Waals surface area contributed by atoms with Crippen molar-refractivity contribution in [3.05, 3.63) is 23.8 Å². The van der Waals surface area contributed by atoms with Crippen molar-refractivity contribution in [3.8, 4) is 5.75 Å². The van der Waals surface area contributed by atoms with Crippen LogP contribution >= 0.6 is 0 Å². The molecule has 3 N–H and O–H groups in total. The maximum atomic E-state index is 12.5. The summed E-state index contributed by atoms with van der Waals surface area (Å²) in [6.45, 7) is 1.47. The predicted octanol–water partition coefficient (Wildman–Crippen LogP) is 2.03. The first-order valence-electron chi connectivity index (χ1n) is 5.30. The van der Waals surface area contributed by atoms with Gasteiger partial charge in [0.25, 0.3) is 0 Å². The van der Waals surface area contributed by atoms with Crippen molar-refractivity contribution in [2.75, 3.05) is 18.8 Å². The smallest absolute Gasteiger partial charge is 0.416 e. The largest absolute Gasteiger partial charge is 0.489 e. The van der Waals surface area contributed by atoms with E-state index in [-0.39, 0.29) is 17.5 Å². The van der Waals surface area contributed by atoms with E-state index in [4.69, 9.17) is 10.5 Å². The summed E-state index contributed by atoms with van der Waals surface area (Å²) < 4.78 is 43.1. The van der Waals surface area contributed by atoms with Crippen LogP contribution < -0.4 is 15.8 Å². The van der Waals surface area contributed by atoms with Gasteiger partial charge < -0.3 is 15.8 Å². The topological polar surface area (TPSA) is 47.3 Å². The Labute approximate surface area is 96.8 Å². The second-order valence-corrected chi connectivity index (χ2v) is 4.02. The first kappa shape index (κ1) is 12.0. The highest BCUT2D eigenvalue weighted by atomic mass is 19.4. The van der Waals surface area contributed by atoms with Crippen LogP contribution in [-0.2, 0) is 6.18 Å². The lowest BCUT2D eigenvalue weighted by Gasteiger charge is -2.15. The molecule has 1 aliphatic heterocycles. The minimum Gasteiger partial charge on any atom is -0.489 e. The first-order chi connectivity index (χ1) is 7.95. The van der Waals surface area contributed by atoms with Crippen molar-refractivity contribution in [2.45, 2.75) is 18.7 Å². The lowest BCUT2D eigenvalue weighted by molar-refractivity contribution is -0.137. The molecule has 0 spiro atoms. The standard InChI is InChI=1S/C11H13F3N2O/c12-11(13,14)7-3-8(15)5-10(4-7)17-9-1-2-16-6-9/h3-5,9,16H,1-2,6,15H2. The maximum Gasteiger partial charge on any atom is 0.416 e. The van der Waals surface area contributed by atoms with E-state index in [2.05, 4.69) is 5.32 Å². The third kappa shape index (κ3) is 3.03. The number of halogens is 3. The number of alkyl halides is 3. The molecule has 1 saturated heterocycles. The van der Waals surface area contributed by atoms with Gasteiger partial charge in [0.2, 0.25) is 0 Å². The van der Waals surface area contributed by atoms with Gasteiger partial charge in [-0.05, 0) is 25.1 Å². The highest BCUT2D eigenvalue weighted by Gasteiger charge is 2.31. The Balaban J connectivity index is 2.19. The molecule has 3 nitrogen and oxygen atoms in total. The average molecular weight is 246 g/mol. The molecule has 1 fully saturated rings. The summed E-state index contributed by atoms with van der Waals surface area (Å²) in [6, 6.07) is 3.29. The number of nitrogen functional groups attached to an aromatic ring is 1. The fraction of sp³-hybridized carbons (Fsp3) is 0.455. The molecule has 2 rings (SSSR count). The van der Waals surface area contributed by atoms with Crippen LogP contribution in [0.25, 0.3) is 0 Å². The lowest BCUT2D eigenvalue weighted by Crippen LogP contribution is -2.20. The van der Waals surface area contributed by atoms with Gasteiger partial charge in [-0.2, -0.15) is 13.2 Å². The lowest BCUT2D eigenvalue weighted by atomic mass is 10.2. The van der Waals surface area contributed by atoms with Crippen LogP contribution in [0.4, 0.5) is 18.9 Å². The molecule has 0 saturated carbocycles. The molecule has 1 aliphatic rings. The van der Waals surface area contributed by atoms with E-state index in [0.29, 0.717) is 6.54 Å². The molecular weight excluding hydrogens is 233 g/mol. The van der Waals surface area contributed by atoms with Crippen LogP contribution in [0.15, 0.2) is 18.2 Å². The number of hydrogen-bond acceptors (Lipinski definition) is 3. The second-order valence-electron chi connectivity index (χ2n) is 4.02. The molecule has 0 aromatic heterocycles. The molecule has 0 bridgehead atoms. The van der Waals surface area contributed by atoms with E-state index in [1.54, 1.807) is 0 Å². The third-order valence-corrected chi connectivity index (χ3v) is 2.57. The third-order valence-electron chi connectivity index (χ3n) is 2.57. The molecule has 6 heteroatoms. The van der Waals surface area contributed by atoms with Crippen LogP contribution in [0.5, 0.6) is 5.75 Å². The van der Waals surface area contributed by atoms with Crippen molar-refractivity contribution in [1.29, 1.82) is 0 Å². The molecule has 0 aliphatic carbocycles.